The minimum absolute atomic E-state index is 0.0349. The monoisotopic (exact) mass is 519 g/mol. The van der Waals surface area contributed by atoms with E-state index in [1.807, 2.05) is 12.1 Å². The van der Waals surface area contributed by atoms with E-state index < -0.39 is 6.09 Å². The minimum Gasteiger partial charge on any atom is -0.480 e. The molecule has 1 atom stereocenters. The molecule has 0 aliphatic carbocycles. The number of nitrogens with one attached hydrogen (secondary N) is 2. The van der Waals surface area contributed by atoms with Crippen LogP contribution in [0.4, 0.5) is 16.4 Å². The summed E-state index contributed by atoms with van der Waals surface area (Å²) >= 11 is 0. The first-order chi connectivity index (χ1) is 18.6. The quantitative estimate of drug-likeness (QED) is 0.396. The van der Waals surface area contributed by atoms with Gasteiger partial charge in [0.05, 0.1) is 25.5 Å². The summed E-state index contributed by atoms with van der Waals surface area (Å²) in [5.74, 6) is 1.95. The van der Waals surface area contributed by atoms with Crippen molar-refractivity contribution < 1.29 is 28.5 Å². The molecule has 6 heterocycles. The van der Waals surface area contributed by atoms with E-state index >= 15 is 0 Å². The van der Waals surface area contributed by atoms with Crippen molar-refractivity contribution in [3.63, 3.8) is 0 Å². The Kier molecular flexibility index (Phi) is 6.67. The van der Waals surface area contributed by atoms with E-state index in [0.29, 0.717) is 68.4 Å². The summed E-state index contributed by atoms with van der Waals surface area (Å²) in [7, 11) is 0. The fourth-order valence-electron chi connectivity index (χ4n) is 4.16. The SMILES string of the molecule is O=C1COc2ccc(N3C[C@H](CCNCc4cc(-c5nccc(OC6COC6)n5)ccn4)OC3=O)nc2N1. The van der Waals surface area contributed by atoms with Crippen molar-refractivity contribution in [2.24, 2.45) is 0 Å². The normalized spacial score (nSPS) is 18.7. The number of hydrogen-bond donors (Lipinski definition) is 2. The molecule has 0 spiro atoms. The third-order valence-electron chi connectivity index (χ3n) is 6.16. The largest absolute Gasteiger partial charge is 0.480 e. The number of pyridine rings is 2. The number of fused-ring (bicyclic) bond motifs is 1. The van der Waals surface area contributed by atoms with E-state index in [0.717, 1.165) is 11.3 Å². The van der Waals surface area contributed by atoms with Crippen LogP contribution in [-0.4, -0.2) is 77.1 Å². The fraction of sp³-hybridized carbons (Fsp3) is 0.360. The fourth-order valence-corrected chi connectivity index (χ4v) is 4.16. The molecule has 0 bridgehead atoms. The van der Waals surface area contributed by atoms with E-state index in [1.54, 1.807) is 30.6 Å². The van der Waals surface area contributed by atoms with Crippen molar-refractivity contribution in [1.82, 2.24) is 25.3 Å². The highest BCUT2D eigenvalue weighted by molar-refractivity contribution is 5.95. The van der Waals surface area contributed by atoms with Crippen LogP contribution in [0.2, 0.25) is 0 Å². The van der Waals surface area contributed by atoms with E-state index in [1.165, 1.54) is 4.90 Å². The van der Waals surface area contributed by atoms with Gasteiger partial charge < -0.3 is 29.6 Å². The third-order valence-corrected chi connectivity index (χ3v) is 6.16. The van der Waals surface area contributed by atoms with Crippen molar-refractivity contribution in [1.29, 1.82) is 0 Å². The maximum Gasteiger partial charge on any atom is 0.415 e. The van der Waals surface area contributed by atoms with Crippen molar-refractivity contribution in [3.8, 4) is 23.0 Å². The topological polar surface area (TPSA) is 150 Å². The van der Waals surface area contributed by atoms with Gasteiger partial charge in [0.1, 0.15) is 18.0 Å². The summed E-state index contributed by atoms with van der Waals surface area (Å²) in [4.78, 5) is 43.1. The summed E-state index contributed by atoms with van der Waals surface area (Å²) in [5, 5.41) is 5.99. The molecule has 0 aromatic carbocycles. The van der Waals surface area contributed by atoms with Crippen molar-refractivity contribution in [2.45, 2.75) is 25.2 Å². The Morgan fingerprint density at radius 1 is 1.11 bits per heavy atom. The van der Waals surface area contributed by atoms with Gasteiger partial charge in [0.2, 0.25) is 5.88 Å². The van der Waals surface area contributed by atoms with Crippen molar-refractivity contribution >= 4 is 23.6 Å². The Balaban J connectivity index is 1.00. The van der Waals surface area contributed by atoms with Crippen LogP contribution < -0.4 is 25.0 Å². The molecule has 3 aromatic rings. The molecule has 3 aliphatic rings. The average molecular weight is 520 g/mol. The Hall–Kier alpha value is -4.36. The Morgan fingerprint density at radius 2 is 2.00 bits per heavy atom. The second kappa shape index (κ2) is 10.6. The number of rotatable bonds is 9. The van der Waals surface area contributed by atoms with Gasteiger partial charge >= 0.3 is 6.09 Å². The summed E-state index contributed by atoms with van der Waals surface area (Å²) < 4.78 is 21.7. The Morgan fingerprint density at radius 3 is 2.87 bits per heavy atom. The third kappa shape index (κ3) is 5.33. The molecule has 0 radical (unpaired) electrons. The van der Waals surface area contributed by atoms with Crippen LogP contribution >= 0.6 is 0 Å². The zero-order valence-corrected chi connectivity index (χ0v) is 20.3. The lowest BCUT2D eigenvalue weighted by Gasteiger charge is -2.26. The predicted molar refractivity (Wildman–Crippen MR) is 133 cm³/mol. The summed E-state index contributed by atoms with van der Waals surface area (Å²) in [6.45, 7) is 2.59. The minimum atomic E-state index is -0.476. The highest BCUT2D eigenvalue weighted by Gasteiger charge is 2.33. The number of carbonyl (C=O) groups excluding carboxylic acids is 2. The smallest absolute Gasteiger partial charge is 0.415 e. The molecule has 13 heteroatoms. The van der Waals surface area contributed by atoms with Crippen LogP contribution in [0.15, 0.2) is 42.7 Å². The average Bonchev–Trinajstić information content (AvgIpc) is 3.29. The van der Waals surface area contributed by atoms with Crippen LogP contribution in [0.3, 0.4) is 0 Å². The van der Waals surface area contributed by atoms with Gasteiger partial charge in [-0.25, -0.2) is 14.8 Å². The lowest BCUT2D eigenvalue weighted by atomic mass is 10.2. The van der Waals surface area contributed by atoms with Gasteiger partial charge in [-0.05, 0) is 37.2 Å². The molecular weight excluding hydrogens is 494 g/mol. The number of aromatic nitrogens is 4. The molecule has 0 unspecified atom stereocenters. The van der Waals surface area contributed by atoms with Gasteiger partial charge in [-0.1, -0.05) is 0 Å². The zero-order chi connectivity index (χ0) is 25.9. The van der Waals surface area contributed by atoms with E-state index in [2.05, 4.69) is 30.6 Å². The molecular formula is C25H25N7O6. The molecule has 2 amide bonds. The molecule has 6 rings (SSSR count). The molecule has 2 fully saturated rings. The Bertz CT molecular complexity index is 1350. The van der Waals surface area contributed by atoms with Crippen LogP contribution in [0.25, 0.3) is 11.4 Å². The standard InChI is InChI=1S/C25H25N7O6/c33-21-14-36-19-1-2-20(29-24(19)30-21)32-11-17(38-25(32)34)4-6-26-10-16-9-15(3-7-27-16)23-28-8-5-22(31-23)37-18-12-35-13-18/h1-3,5,7-9,17-18,26H,4,6,10-14H2,(H,29,30,33)/t17-/m0/s1. The van der Waals surface area contributed by atoms with Crippen molar-refractivity contribution in [3.05, 3.63) is 48.4 Å². The summed E-state index contributed by atoms with van der Waals surface area (Å²) in [5.41, 5.74) is 1.67. The van der Waals surface area contributed by atoms with Gasteiger partial charge in [0.25, 0.3) is 5.91 Å². The Labute approximate surface area is 217 Å². The lowest BCUT2D eigenvalue weighted by Crippen LogP contribution is -2.38. The van der Waals surface area contributed by atoms with E-state index in [9.17, 15) is 9.59 Å². The molecule has 196 valence electrons. The molecule has 2 saturated heterocycles. The van der Waals surface area contributed by atoms with Crippen LogP contribution in [0.5, 0.6) is 11.6 Å². The maximum atomic E-state index is 12.4. The zero-order valence-electron chi connectivity index (χ0n) is 20.3. The summed E-state index contributed by atoms with van der Waals surface area (Å²) in [6.07, 6.45) is 3.27. The lowest BCUT2D eigenvalue weighted by molar-refractivity contribution is -0.118. The number of hydrogen-bond acceptors (Lipinski definition) is 11. The second-order valence-corrected chi connectivity index (χ2v) is 8.97. The highest BCUT2D eigenvalue weighted by atomic mass is 16.6. The van der Waals surface area contributed by atoms with E-state index in [4.69, 9.17) is 18.9 Å². The molecule has 38 heavy (non-hydrogen) atoms. The number of amides is 2. The van der Waals surface area contributed by atoms with Crippen LogP contribution in [0, 0.1) is 0 Å². The highest BCUT2D eigenvalue weighted by Crippen LogP contribution is 2.30. The van der Waals surface area contributed by atoms with Crippen molar-refractivity contribution in [2.75, 3.05) is 43.1 Å². The van der Waals surface area contributed by atoms with Gasteiger partial charge in [-0.2, -0.15) is 4.98 Å². The number of anilines is 2. The van der Waals surface area contributed by atoms with Gasteiger partial charge in [-0.3, -0.25) is 14.7 Å². The first kappa shape index (κ1) is 24.0. The number of carbonyl (C=O) groups is 2. The first-order valence-corrected chi connectivity index (χ1v) is 12.3. The number of nitrogens with zero attached hydrogens (tertiary/aromatic N) is 5. The number of cyclic esters (lactones) is 1. The predicted octanol–water partition coefficient (Wildman–Crippen LogP) is 1.55. The molecule has 3 aromatic heterocycles. The summed E-state index contributed by atoms with van der Waals surface area (Å²) in [6, 6.07) is 8.87. The maximum absolute atomic E-state index is 12.4. The van der Waals surface area contributed by atoms with E-state index in [-0.39, 0.29) is 24.7 Å². The van der Waals surface area contributed by atoms with Crippen LogP contribution in [-0.2, 0) is 20.8 Å². The van der Waals surface area contributed by atoms with Gasteiger partial charge in [0, 0.05) is 30.6 Å². The van der Waals surface area contributed by atoms with Gasteiger partial charge in [-0.15, -0.1) is 0 Å². The number of ether oxygens (including phenoxy) is 4. The molecule has 13 nitrogen and oxygen atoms in total. The van der Waals surface area contributed by atoms with Gasteiger partial charge in [0.15, 0.2) is 24.0 Å². The molecule has 0 saturated carbocycles. The molecule has 2 N–H and O–H groups in total. The first-order valence-electron chi connectivity index (χ1n) is 12.3. The molecule has 3 aliphatic heterocycles. The van der Waals surface area contributed by atoms with Crippen LogP contribution in [0.1, 0.15) is 12.1 Å². The second-order valence-electron chi connectivity index (χ2n) is 8.97.